The van der Waals surface area contributed by atoms with E-state index in [0.29, 0.717) is 16.9 Å². The molecule has 0 fully saturated rings. The maximum atomic E-state index is 13.8. The fourth-order valence-electron chi connectivity index (χ4n) is 3.49. The molecule has 1 aliphatic heterocycles. The largest absolute Gasteiger partial charge is 0.508 e. The van der Waals surface area contributed by atoms with Gasteiger partial charge in [-0.2, -0.15) is 0 Å². The molecule has 0 saturated carbocycles. The van der Waals surface area contributed by atoms with Crippen molar-refractivity contribution in [3.63, 3.8) is 0 Å². The molecular formula is C20H15FN2O4. The number of hydrogen-bond acceptors (Lipinski definition) is 3. The van der Waals surface area contributed by atoms with Crippen molar-refractivity contribution < 1.29 is 24.2 Å². The third-order valence-electron chi connectivity index (χ3n) is 4.62. The average molecular weight is 366 g/mol. The van der Waals surface area contributed by atoms with Gasteiger partial charge in [-0.05, 0) is 35.9 Å². The minimum absolute atomic E-state index is 0.0438. The van der Waals surface area contributed by atoms with Crippen molar-refractivity contribution in [2.24, 2.45) is 0 Å². The molecule has 1 amide bonds. The molecule has 3 aromatic rings. The number of benzene rings is 2. The van der Waals surface area contributed by atoms with E-state index in [9.17, 15) is 24.2 Å². The number of aromatic hydroxyl groups is 1. The smallest absolute Gasteiger partial charge is 0.339 e. The van der Waals surface area contributed by atoms with Gasteiger partial charge >= 0.3 is 5.97 Å². The SMILES string of the molecule is O=C1CC(c2cccc(O)c2)c2c(c(C(=O)O)cn2-c2cccc(F)c2)N1. The van der Waals surface area contributed by atoms with Crippen LogP contribution in [0.1, 0.15) is 34.0 Å². The van der Waals surface area contributed by atoms with Crippen LogP contribution in [0.4, 0.5) is 10.1 Å². The van der Waals surface area contributed by atoms with Crippen LogP contribution in [0.3, 0.4) is 0 Å². The minimum atomic E-state index is -1.20. The number of fused-ring (bicyclic) bond motifs is 1. The van der Waals surface area contributed by atoms with Crippen molar-refractivity contribution in [1.82, 2.24) is 4.57 Å². The van der Waals surface area contributed by atoms with Crippen molar-refractivity contribution in [3.8, 4) is 11.4 Å². The number of carboxylic acids is 1. The summed E-state index contributed by atoms with van der Waals surface area (Å²) in [6, 6.07) is 12.2. The lowest BCUT2D eigenvalue weighted by atomic mass is 9.88. The van der Waals surface area contributed by atoms with Crippen LogP contribution in [0.25, 0.3) is 5.69 Å². The molecule has 0 spiro atoms. The zero-order valence-electron chi connectivity index (χ0n) is 14.0. The second kappa shape index (κ2) is 6.28. The number of nitrogens with one attached hydrogen (secondary N) is 1. The summed E-state index contributed by atoms with van der Waals surface area (Å²) < 4.78 is 15.3. The number of halogens is 1. The number of aromatic carboxylic acids is 1. The molecular weight excluding hydrogens is 351 g/mol. The minimum Gasteiger partial charge on any atom is -0.508 e. The molecule has 27 heavy (non-hydrogen) atoms. The van der Waals surface area contributed by atoms with E-state index >= 15 is 0 Å². The van der Waals surface area contributed by atoms with Crippen LogP contribution >= 0.6 is 0 Å². The molecule has 3 N–H and O–H groups in total. The number of rotatable bonds is 3. The maximum absolute atomic E-state index is 13.8. The van der Waals surface area contributed by atoms with Gasteiger partial charge in [0.15, 0.2) is 0 Å². The molecule has 0 radical (unpaired) electrons. The Hall–Kier alpha value is -3.61. The number of carbonyl (C=O) groups is 2. The molecule has 0 bridgehead atoms. The molecule has 2 heterocycles. The zero-order chi connectivity index (χ0) is 19.1. The summed E-state index contributed by atoms with van der Waals surface area (Å²) in [5, 5.41) is 22.0. The van der Waals surface area contributed by atoms with Crippen LogP contribution in [-0.4, -0.2) is 26.7 Å². The second-order valence-corrected chi connectivity index (χ2v) is 6.36. The third kappa shape index (κ3) is 2.93. The highest BCUT2D eigenvalue weighted by Crippen LogP contribution is 2.42. The molecule has 1 atom stereocenters. The Morgan fingerprint density at radius 1 is 1.19 bits per heavy atom. The predicted octanol–water partition coefficient (Wildman–Crippen LogP) is 3.49. The van der Waals surface area contributed by atoms with E-state index in [1.807, 2.05) is 0 Å². The van der Waals surface area contributed by atoms with Gasteiger partial charge in [0.05, 0.1) is 11.4 Å². The van der Waals surface area contributed by atoms with Crippen LogP contribution in [0.2, 0.25) is 0 Å². The Morgan fingerprint density at radius 3 is 2.67 bits per heavy atom. The first-order valence-electron chi connectivity index (χ1n) is 8.27. The number of phenols is 1. The van der Waals surface area contributed by atoms with Crippen molar-refractivity contribution in [2.75, 3.05) is 5.32 Å². The molecule has 1 aliphatic rings. The first-order valence-corrected chi connectivity index (χ1v) is 8.27. The number of nitrogens with zero attached hydrogens (tertiary/aromatic N) is 1. The van der Waals surface area contributed by atoms with Crippen molar-refractivity contribution in [2.45, 2.75) is 12.3 Å². The number of anilines is 1. The van der Waals surface area contributed by atoms with Gasteiger partial charge in [0.2, 0.25) is 5.91 Å². The molecule has 7 heteroatoms. The summed E-state index contributed by atoms with van der Waals surface area (Å²) in [6.07, 6.45) is 1.46. The standard InChI is InChI=1S/C20H15FN2O4/c21-12-4-2-5-13(8-12)23-10-16(20(26)27)18-19(23)15(9-17(25)22-18)11-3-1-6-14(24)7-11/h1-8,10,15,24H,9H2,(H,22,25)(H,26,27). The molecule has 0 aliphatic carbocycles. The van der Waals surface area contributed by atoms with Gasteiger partial charge in [0, 0.05) is 24.2 Å². The van der Waals surface area contributed by atoms with Crippen molar-refractivity contribution >= 4 is 17.6 Å². The molecule has 0 saturated heterocycles. The van der Waals surface area contributed by atoms with Crippen LogP contribution in [0.15, 0.2) is 54.7 Å². The molecule has 1 aromatic heterocycles. The highest BCUT2D eigenvalue weighted by Gasteiger charge is 2.34. The highest BCUT2D eigenvalue weighted by atomic mass is 19.1. The van der Waals surface area contributed by atoms with Crippen LogP contribution in [0.5, 0.6) is 5.75 Å². The number of hydrogen-bond donors (Lipinski definition) is 3. The molecule has 136 valence electrons. The first-order chi connectivity index (χ1) is 12.9. The topological polar surface area (TPSA) is 91.6 Å². The lowest BCUT2D eigenvalue weighted by molar-refractivity contribution is -0.116. The van der Waals surface area contributed by atoms with E-state index in [1.54, 1.807) is 22.8 Å². The van der Waals surface area contributed by atoms with Gasteiger partial charge in [-0.15, -0.1) is 0 Å². The monoisotopic (exact) mass is 366 g/mol. The normalized spacial score (nSPS) is 15.9. The fraction of sp³-hybridized carbons (Fsp3) is 0.100. The number of carbonyl (C=O) groups excluding carboxylic acids is 1. The van der Waals surface area contributed by atoms with Gasteiger partial charge < -0.3 is 20.1 Å². The van der Waals surface area contributed by atoms with Crippen molar-refractivity contribution in [3.05, 3.63) is 77.4 Å². The number of phenolic OH excluding ortho intramolecular Hbond substituents is 1. The Labute approximate surface area is 153 Å². The summed E-state index contributed by atoms with van der Waals surface area (Å²) >= 11 is 0. The number of carboxylic acid groups (broad SMARTS) is 1. The Kier molecular flexibility index (Phi) is 3.92. The van der Waals surface area contributed by atoms with Crippen LogP contribution in [-0.2, 0) is 4.79 Å². The first kappa shape index (κ1) is 16.8. The van der Waals surface area contributed by atoms with E-state index in [4.69, 9.17) is 0 Å². The van der Waals surface area contributed by atoms with Crippen LogP contribution < -0.4 is 5.32 Å². The van der Waals surface area contributed by atoms with E-state index in [2.05, 4.69) is 5.32 Å². The van der Waals surface area contributed by atoms with E-state index in [-0.39, 0.29) is 29.3 Å². The van der Waals surface area contributed by atoms with Gasteiger partial charge in [-0.25, -0.2) is 9.18 Å². The van der Waals surface area contributed by atoms with Gasteiger partial charge in [0.25, 0.3) is 0 Å². The predicted molar refractivity (Wildman–Crippen MR) is 95.9 cm³/mol. The Morgan fingerprint density at radius 2 is 1.96 bits per heavy atom. The van der Waals surface area contributed by atoms with Gasteiger partial charge in [-0.3, -0.25) is 4.79 Å². The Balaban J connectivity index is 1.99. The lowest BCUT2D eigenvalue weighted by Gasteiger charge is -2.26. The second-order valence-electron chi connectivity index (χ2n) is 6.36. The van der Waals surface area contributed by atoms with Crippen molar-refractivity contribution in [1.29, 1.82) is 0 Å². The van der Waals surface area contributed by atoms with E-state index < -0.39 is 17.7 Å². The summed E-state index contributed by atoms with van der Waals surface area (Å²) in [5.41, 5.74) is 1.76. The molecule has 6 nitrogen and oxygen atoms in total. The van der Waals surface area contributed by atoms with Gasteiger partial charge in [0.1, 0.15) is 17.1 Å². The number of amides is 1. The lowest BCUT2D eigenvalue weighted by Crippen LogP contribution is -2.25. The van der Waals surface area contributed by atoms with Gasteiger partial charge in [-0.1, -0.05) is 18.2 Å². The maximum Gasteiger partial charge on any atom is 0.339 e. The summed E-state index contributed by atoms with van der Waals surface area (Å²) in [7, 11) is 0. The van der Waals surface area contributed by atoms with E-state index in [1.165, 1.54) is 36.5 Å². The van der Waals surface area contributed by atoms with Crippen LogP contribution in [0, 0.1) is 5.82 Å². The summed E-state index contributed by atoms with van der Waals surface area (Å²) in [6.45, 7) is 0. The summed E-state index contributed by atoms with van der Waals surface area (Å²) in [4.78, 5) is 23.9. The molecule has 2 aromatic carbocycles. The Bertz CT molecular complexity index is 1070. The zero-order valence-corrected chi connectivity index (χ0v) is 14.0. The molecule has 1 unspecified atom stereocenters. The summed E-state index contributed by atoms with van der Waals surface area (Å²) in [5.74, 6) is -2.42. The average Bonchev–Trinajstić information content (AvgIpc) is 3.00. The fourth-order valence-corrected chi connectivity index (χ4v) is 3.49. The van der Waals surface area contributed by atoms with E-state index in [0.717, 1.165) is 0 Å². The number of aromatic nitrogens is 1. The third-order valence-corrected chi connectivity index (χ3v) is 4.62. The quantitative estimate of drug-likeness (QED) is 0.662. The molecule has 4 rings (SSSR count). The highest BCUT2D eigenvalue weighted by molar-refractivity contribution is 6.04.